The zero-order chi connectivity index (χ0) is 13.4. The van der Waals surface area contributed by atoms with Crippen LogP contribution in [0.15, 0.2) is 66.5 Å². The van der Waals surface area contributed by atoms with E-state index in [9.17, 15) is 9.59 Å². The predicted molar refractivity (Wildman–Crippen MR) is 70.4 cm³/mol. The van der Waals surface area contributed by atoms with Gasteiger partial charge in [0, 0.05) is 11.1 Å². The van der Waals surface area contributed by atoms with Crippen molar-refractivity contribution in [3.63, 3.8) is 0 Å². The van der Waals surface area contributed by atoms with E-state index in [0.29, 0.717) is 11.1 Å². The summed E-state index contributed by atoms with van der Waals surface area (Å²) in [6.07, 6.45) is 6.75. The normalized spacial score (nSPS) is 12.2. The van der Waals surface area contributed by atoms with E-state index in [1.54, 1.807) is 43.3 Å². The third kappa shape index (κ3) is 3.56. The summed E-state index contributed by atoms with van der Waals surface area (Å²) in [6, 6.07) is 8.40. The number of aliphatic hydroxyl groups is 1. The van der Waals surface area contributed by atoms with E-state index < -0.39 is 11.6 Å². The van der Waals surface area contributed by atoms with E-state index in [1.165, 1.54) is 18.2 Å². The van der Waals surface area contributed by atoms with Crippen LogP contribution in [0.2, 0.25) is 0 Å². The molecule has 0 saturated carbocycles. The summed E-state index contributed by atoms with van der Waals surface area (Å²) < 4.78 is 0. The number of hydrogen-bond donors (Lipinski definition) is 1. The van der Waals surface area contributed by atoms with E-state index in [4.69, 9.17) is 5.11 Å². The molecule has 0 aromatic heterocycles. The molecule has 0 spiro atoms. The highest BCUT2D eigenvalue weighted by molar-refractivity contribution is 6.49. The molecule has 0 radical (unpaired) electrons. The van der Waals surface area contributed by atoms with Crippen LogP contribution in [0.5, 0.6) is 0 Å². The first kappa shape index (κ1) is 13.6. The summed E-state index contributed by atoms with van der Waals surface area (Å²) in [4.78, 5) is 23.8. The van der Waals surface area contributed by atoms with Gasteiger partial charge in [-0.1, -0.05) is 48.6 Å². The second-order valence-electron chi connectivity index (χ2n) is 3.47. The Balaban J connectivity index is 2.90. The maximum atomic E-state index is 11.9. The van der Waals surface area contributed by atoms with Gasteiger partial charge >= 0.3 is 0 Å². The van der Waals surface area contributed by atoms with Gasteiger partial charge in [0.25, 0.3) is 0 Å². The Morgan fingerprint density at radius 3 is 2.33 bits per heavy atom. The zero-order valence-corrected chi connectivity index (χ0v) is 10.0. The maximum absolute atomic E-state index is 11.9. The molecule has 1 N–H and O–H groups in total. The van der Waals surface area contributed by atoms with Crippen LogP contribution in [0, 0.1) is 0 Å². The van der Waals surface area contributed by atoms with Gasteiger partial charge in [0.2, 0.25) is 11.6 Å². The molecule has 0 bridgehead atoms. The summed E-state index contributed by atoms with van der Waals surface area (Å²) in [5.74, 6) is -1.10. The summed E-state index contributed by atoms with van der Waals surface area (Å²) in [5, 5.41) is 8.47. The second-order valence-corrected chi connectivity index (χ2v) is 3.47. The van der Waals surface area contributed by atoms with Gasteiger partial charge in [-0.3, -0.25) is 9.59 Å². The Morgan fingerprint density at radius 1 is 1.11 bits per heavy atom. The average Bonchev–Trinajstić information content (AvgIpc) is 2.43. The molecule has 1 rings (SSSR count). The molecule has 0 unspecified atom stereocenters. The molecule has 0 aliphatic rings. The van der Waals surface area contributed by atoms with Crippen LogP contribution in [-0.4, -0.2) is 16.7 Å². The predicted octanol–water partition coefficient (Wildman–Crippen LogP) is 3.01. The highest BCUT2D eigenvalue weighted by Gasteiger charge is 2.17. The van der Waals surface area contributed by atoms with Crippen molar-refractivity contribution in [3.8, 4) is 0 Å². The van der Waals surface area contributed by atoms with Gasteiger partial charge in [-0.25, -0.2) is 0 Å². The standard InChI is InChI=1S/C15H14O3/c1-2-12(8-6-7-11-16)14(17)15(18)13-9-4-3-5-10-13/h2-11,16H,1H3/b8-6-,11-7?,12-2+. The summed E-state index contributed by atoms with van der Waals surface area (Å²) in [7, 11) is 0. The van der Waals surface area contributed by atoms with E-state index in [2.05, 4.69) is 0 Å². The Hall–Kier alpha value is -2.42. The van der Waals surface area contributed by atoms with Crippen LogP contribution in [0.4, 0.5) is 0 Å². The van der Waals surface area contributed by atoms with E-state index in [-0.39, 0.29) is 0 Å². The lowest BCUT2D eigenvalue weighted by Gasteiger charge is -2.00. The van der Waals surface area contributed by atoms with Crippen molar-refractivity contribution in [2.75, 3.05) is 0 Å². The number of carbonyl (C=O) groups is 2. The number of hydrogen-bond acceptors (Lipinski definition) is 3. The smallest absolute Gasteiger partial charge is 0.233 e. The van der Waals surface area contributed by atoms with Crippen molar-refractivity contribution in [3.05, 3.63) is 72.0 Å². The number of rotatable bonds is 5. The van der Waals surface area contributed by atoms with Crippen LogP contribution in [-0.2, 0) is 4.79 Å². The third-order valence-corrected chi connectivity index (χ3v) is 2.29. The number of Topliss-reactive ketones (excluding diaryl/α,β-unsaturated/α-hetero) is 2. The molecule has 0 atom stereocenters. The molecule has 3 nitrogen and oxygen atoms in total. The van der Waals surface area contributed by atoms with Crippen molar-refractivity contribution in [1.29, 1.82) is 0 Å². The first-order valence-corrected chi connectivity index (χ1v) is 5.48. The maximum Gasteiger partial charge on any atom is 0.233 e. The first-order chi connectivity index (χ1) is 8.70. The topological polar surface area (TPSA) is 54.4 Å². The van der Waals surface area contributed by atoms with E-state index in [1.807, 2.05) is 0 Å². The van der Waals surface area contributed by atoms with Gasteiger partial charge in [0.1, 0.15) is 0 Å². The first-order valence-electron chi connectivity index (χ1n) is 5.48. The molecular weight excluding hydrogens is 228 g/mol. The fraction of sp³-hybridized carbons (Fsp3) is 0.0667. The van der Waals surface area contributed by atoms with Crippen LogP contribution in [0.25, 0.3) is 0 Å². The van der Waals surface area contributed by atoms with Crippen LogP contribution in [0.1, 0.15) is 17.3 Å². The Bertz CT molecular complexity index is 508. The van der Waals surface area contributed by atoms with Crippen molar-refractivity contribution in [2.45, 2.75) is 6.92 Å². The molecule has 92 valence electrons. The fourth-order valence-electron chi connectivity index (χ4n) is 1.36. The van der Waals surface area contributed by atoms with Gasteiger partial charge < -0.3 is 5.11 Å². The third-order valence-electron chi connectivity index (χ3n) is 2.29. The fourth-order valence-corrected chi connectivity index (χ4v) is 1.36. The van der Waals surface area contributed by atoms with Crippen molar-refractivity contribution < 1.29 is 14.7 Å². The molecule has 1 aromatic rings. The summed E-state index contributed by atoms with van der Waals surface area (Å²) in [5.41, 5.74) is 0.662. The number of benzene rings is 1. The number of ketones is 2. The van der Waals surface area contributed by atoms with Crippen LogP contribution < -0.4 is 0 Å². The minimum absolute atomic E-state index is 0.293. The second kappa shape index (κ2) is 7.01. The Kier molecular flexibility index (Phi) is 5.32. The SMILES string of the molecule is C/C=C(\C=C/C=CO)C(=O)C(=O)c1ccccc1. The number of carbonyl (C=O) groups excluding carboxylic acids is 2. The van der Waals surface area contributed by atoms with Crippen molar-refractivity contribution >= 4 is 11.6 Å². The van der Waals surface area contributed by atoms with Gasteiger partial charge in [-0.2, -0.15) is 0 Å². The molecular formula is C15H14O3. The lowest BCUT2D eigenvalue weighted by Crippen LogP contribution is -2.15. The lowest BCUT2D eigenvalue weighted by molar-refractivity contribution is -0.111. The van der Waals surface area contributed by atoms with Crippen LogP contribution in [0.3, 0.4) is 0 Å². The molecule has 1 aromatic carbocycles. The molecule has 0 heterocycles. The van der Waals surface area contributed by atoms with Gasteiger partial charge in [-0.15, -0.1) is 0 Å². The molecule has 3 heteroatoms. The highest BCUT2D eigenvalue weighted by atomic mass is 16.2. The summed E-state index contributed by atoms with van der Waals surface area (Å²) >= 11 is 0. The largest absolute Gasteiger partial charge is 0.516 e. The summed E-state index contributed by atoms with van der Waals surface area (Å²) in [6.45, 7) is 1.68. The van der Waals surface area contributed by atoms with Gasteiger partial charge in [0.15, 0.2) is 0 Å². The zero-order valence-electron chi connectivity index (χ0n) is 10.0. The molecule has 0 aliphatic carbocycles. The van der Waals surface area contributed by atoms with Crippen molar-refractivity contribution in [1.82, 2.24) is 0 Å². The molecule has 0 aliphatic heterocycles. The van der Waals surface area contributed by atoms with Gasteiger partial charge in [-0.05, 0) is 13.0 Å². The highest BCUT2D eigenvalue weighted by Crippen LogP contribution is 2.07. The number of aliphatic hydroxyl groups excluding tert-OH is 1. The molecule has 0 amide bonds. The minimum Gasteiger partial charge on any atom is -0.516 e. The van der Waals surface area contributed by atoms with Crippen LogP contribution >= 0.6 is 0 Å². The number of allylic oxidation sites excluding steroid dienone is 5. The monoisotopic (exact) mass is 242 g/mol. The Labute approximate surface area is 106 Å². The van der Waals surface area contributed by atoms with Gasteiger partial charge in [0.05, 0.1) is 6.26 Å². The minimum atomic E-state index is -0.564. The van der Waals surface area contributed by atoms with E-state index in [0.717, 1.165) is 6.26 Å². The quantitative estimate of drug-likeness (QED) is 0.284. The molecule has 18 heavy (non-hydrogen) atoms. The lowest BCUT2D eigenvalue weighted by atomic mass is 10.0. The molecule has 0 saturated heterocycles. The Morgan fingerprint density at radius 2 is 1.78 bits per heavy atom. The average molecular weight is 242 g/mol. The molecule has 0 fully saturated rings. The van der Waals surface area contributed by atoms with E-state index >= 15 is 0 Å². The van der Waals surface area contributed by atoms with Crippen molar-refractivity contribution in [2.24, 2.45) is 0 Å².